The summed E-state index contributed by atoms with van der Waals surface area (Å²) >= 11 is 1.51. The van der Waals surface area contributed by atoms with E-state index in [9.17, 15) is 9.59 Å². The molecule has 0 bridgehead atoms. The summed E-state index contributed by atoms with van der Waals surface area (Å²) in [5, 5.41) is 1.10. The average Bonchev–Trinajstić information content (AvgIpc) is 2.89. The molecule has 0 radical (unpaired) electrons. The summed E-state index contributed by atoms with van der Waals surface area (Å²) < 4.78 is 5.93. The molecule has 1 unspecified atom stereocenters. The molecule has 2 rings (SSSR count). The predicted molar refractivity (Wildman–Crippen MR) is 90.7 cm³/mol. The third kappa shape index (κ3) is 3.55. The number of carbonyl (C=O) groups excluding carboxylic acids is 2. The molecule has 22 heavy (non-hydrogen) atoms. The summed E-state index contributed by atoms with van der Waals surface area (Å²) in [4.78, 5) is 25.0. The first-order valence-corrected chi connectivity index (χ1v) is 8.39. The first kappa shape index (κ1) is 16.7. The summed E-state index contributed by atoms with van der Waals surface area (Å²) in [6.07, 6.45) is 1.77. The standard InChI is InChI=1S/C18H22O3S/c1-5-6-13(18(20)21-4)9-15(19)17-10-14-7-11(2)12(3)8-16(14)22-17/h7-8,10,13H,5-6,9H2,1-4H3. The molecule has 0 aliphatic carbocycles. The molecule has 0 N–H and O–H groups in total. The molecule has 1 heterocycles. The number of thiophene rings is 1. The largest absolute Gasteiger partial charge is 0.469 e. The Kier molecular flexibility index (Phi) is 5.35. The van der Waals surface area contributed by atoms with Crippen molar-refractivity contribution in [3.8, 4) is 0 Å². The van der Waals surface area contributed by atoms with Crippen LogP contribution in [0.4, 0.5) is 0 Å². The number of hydrogen-bond donors (Lipinski definition) is 0. The average molecular weight is 318 g/mol. The molecule has 4 heteroatoms. The highest BCUT2D eigenvalue weighted by atomic mass is 32.1. The van der Waals surface area contributed by atoms with Crippen molar-refractivity contribution >= 4 is 33.2 Å². The lowest BCUT2D eigenvalue weighted by molar-refractivity contribution is -0.145. The van der Waals surface area contributed by atoms with Gasteiger partial charge in [-0.3, -0.25) is 9.59 Å². The van der Waals surface area contributed by atoms with Gasteiger partial charge in [-0.15, -0.1) is 11.3 Å². The zero-order valence-electron chi connectivity index (χ0n) is 13.6. The molecule has 0 aliphatic rings. The number of ether oxygens (including phenoxy) is 1. The van der Waals surface area contributed by atoms with E-state index in [0.717, 1.165) is 21.4 Å². The van der Waals surface area contributed by atoms with Gasteiger partial charge in [0.2, 0.25) is 0 Å². The highest BCUT2D eigenvalue weighted by Gasteiger charge is 2.23. The minimum Gasteiger partial charge on any atom is -0.469 e. The second kappa shape index (κ2) is 7.05. The van der Waals surface area contributed by atoms with Crippen LogP contribution in [0.5, 0.6) is 0 Å². The van der Waals surface area contributed by atoms with Gasteiger partial charge in [0.15, 0.2) is 5.78 Å². The Bertz CT molecular complexity index is 661. The van der Waals surface area contributed by atoms with Crippen LogP contribution in [0, 0.1) is 19.8 Å². The topological polar surface area (TPSA) is 43.4 Å². The fourth-order valence-corrected chi connectivity index (χ4v) is 3.67. The van der Waals surface area contributed by atoms with E-state index in [0.29, 0.717) is 6.42 Å². The summed E-state index contributed by atoms with van der Waals surface area (Å²) in [6, 6.07) is 6.17. The van der Waals surface area contributed by atoms with Crippen LogP contribution in [0.1, 0.15) is 47.0 Å². The van der Waals surface area contributed by atoms with Gasteiger partial charge in [-0.25, -0.2) is 0 Å². The van der Waals surface area contributed by atoms with E-state index in [1.807, 2.05) is 13.0 Å². The molecule has 0 spiro atoms. The minimum atomic E-state index is -0.337. The Balaban J connectivity index is 2.23. The SMILES string of the molecule is CCCC(CC(=O)c1cc2cc(C)c(C)cc2s1)C(=O)OC. The van der Waals surface area contributed by atoms with Gasteiger partial charge in [0.25, 0.3) is 0 Å². The van der Waals surface area contributed by atoms with Crippen molar-refractivity contribution in [1.29, 1.82) is 0 Å². The number of benzene rings is 1. The Morgan fingerprint density at radius 2 is 1.86 bits per heavy atom. The van der Waals surface area contributed by atoms with Crippen molar-refractivity contribution in [3.05, 3.63) is 34.2 Å². The highest BCUT2D eigenvalue weighted by Crippen LogP contribution is 2.30. The molecule has 0 saturated heterocycles. The Morgan fingerprint density at radius 3 is 2.50 bits per heavy atom. The lowest BCUT2D eigenvalue weighted by Gasteiger charge is -2.11. The monoisotopic (exact) mass is 318 g/mol. The van der Waals surface area contributed by atoms with E-state index in [4.69, 9.17) is 4.74 Å². The highest BCUT2D eigenvalue weighted by molar-refractivity contribution is 7.20. The van der Waals surface area contributed by atoms with Gasteiger partial charge in [-0.2, -0.15) is 0 Å². The molecular weight excluding hydrogens is 296 g/mol. The normalized spacial score (nSPS) is 12.4. The van der Waals surface area contributed by atoms with Gasteiger partial charge in [-0.1, -0.05) is 19.4 Å². The number of methoxy groups -OCH3 is 1. The molecule has 0 aliphatic heterocycles. The third-order valence-corrected chi connectivity index (χ3v) is 5.15. The molecule has 2 aromatic rings. The number of carbonyl (C=O) groups is 2. The zero-order chi connectivity index (χ0) is 16.3. The number of hydrogen-bond acceptors (Lipinski definition) is 4. The van der Waals surface area contributed by atoms with E-state index in [1.165, 1.54) is 29.6 Å². The maximum atomic E-state index is 12.5. The smallest absolute Gasteiger partial charge is 0.309 e. The molecule has 118 valence electrons. The van der Waals surface area contributed by atoms with Gasteiger partial charge >= 0.3 is 5.97 Å². The van der Waals surface area contributed by atoms with Crippen molar-refractivity contribution < 1.29 is 14.3 Å². The van der Waals surface area contributed by atoms with Gasteiger partial charge in [-0.05, 0) is 48.9 Å². The lowest BCUT2D eigenvalue weighted by Crippen LogP contribution is -2.19. The number of ketones is 1. The summed E-state index contributed by atoms with van der Waals surface area (Å²) in [5.41, 5.74) is 2.45. The van der Waals surface area contributed by atoms with E-state index < -0.39 is 0 Å². The second-order valence-electron chi connectivity index (χ2n) is 5.72. The molecule has 0 saturated carbocycles. The maximum Gasteiger partial charge on any atom is 0.309 e. The fourth-order valence-electron chi connectivity index (χ4n) is 2.58. The van der Waals surface area contributed by atoms with Crippen molar-refractivity contribution in [2.24, 2.45) is 5.92 Å². The Labute approximate surface area is 135 Å². The Morgan fingerprint density at radius 1 is 1.18 bits per heavy atom. The van der Waals surface area contributed by atoms with Crippen LogP contribution in [0.3, 0.4) is 0 Å². The minimum absolute atomic E-state index is 0.0281. The van der Waals surface area contributed by atoms with Crippen LogP contribution in [0.25, 0.3) is 10.1 Å². The van der Waals surface area contributed by atoms with Gasteiger partial charge < -0.3 is 4.74 Å². The first-order chi connectivity index (χ1) is 10.5. The number of fused-ring (bicyclic) bond motifs is 1. The molecule has 3 nitrogen and oxygen atoms in total. The van der Waals surface area contributed by atoms with Gasteiger partial charge in [0, 0.05) is 11.1 Å². The van der Waals surface area contributed by atoms with Crippen molar-refractivity contribution in [3.63, 3.8) is 0 Å². The second-order valence-corrected chi connectivity index (χ2v) is 6.80. The predicted octanol–water partition coefficient (Wildman–Crippen LogP) is 4.68. The van der Waals surface area contributed by atoms with Crippen molar-refractivity contribution in [2.45, 2.75) is 40.0 Å². The molecular formula is C18H22O3S. The molecule has 1 atom stereocenters. The van der Waals surface area contributed by atoms with Crippen LogP contribution in [-0.2, 0) is 9.53 Å². The van der Waals surface area contributed by atoms with Crippen LogP contribution in [-0.4, -0.2) is 18.9 Å². The van der Waals surface area contributed by atoms with E-state index in [2.05, 4.69) is 26.0 Å². The van der Waals surface area contributed by atoms with Crippen LogP contribution < -0.4 is 0 Å². The number of Topliss-reactive ketones (excluding diaryl/α,β-unsaturated/α-hetero) is 1. The fraction of sp³-hybridized carbons (Fsp3) is 0.444. The number of esters is 1. The first-order valence-electron chi connectivity index (χ1n) is 7.58. The van der Waals surface area contributed by atoms with Crippen LogP contribution >= 0.6 is 11.3 Å². The third-order valence-electron chi connectivity index (χ3n) is 4.01. The summed E-state index contributed by atoms with van der Waals surface area (Å²) in [5.74, 6) is -0.598. The maximum absolute atomic E-state index is 12.5. The van der Waals surface area contributed by atoms with Gasteiger partial charge in [0.1, 0.15) is 0 Å². The number of rotatable bonds is 6. The molecule has 1 aromatic heterocycles. The van der Waals surface area contributed by atoms with Gasteiger partial charge in [0.05, 0.1) is 17.9 Å². The van der Waals surface area contributed by atoms with Crippen molar-refractivity contribution in [1.82, 2.24) is 0 Å². The van der Waals surface area contributed by atoms with E-state index in [-0.39, 0.29) is 24.1 Å². The summed E-state index contributed by atoms with van der Waals surface area (Å²) in [6.45, 7) is 6.15. The zero-order valence-corrected chi connectivity index (χ0v) is 14.4. The summed E-state index contributed by atoms with van der Waals surface area (Å²) in [7, 11) is 1.38. The van der Waals surface area contributed by atoms with Crippen LogP contribution in [0.2, 0.25) is 0 Å². The molecule has 0 amide bonds. The Hall–Kier alpha value is -1.68. The van der Waals surface area contributed by atoms with Crippen LogP contribution in [0.15, 0.2) is 18.2 Å². The molecule has 1 aromatic carbocycles. The lowest BCUT2D eigenvalue weighted by atomic mass is 9.97. The van der Waals surface area contributed by atoms with Crippen molar-refractivity contribution in [2.75, 3.05) is 7.11 Å². The van der Waals surface area contributed by atoms with E-state index >= 15 is 0 Å². The quantitative estimate of drug-likeness (QED) is 0.574. The molecule has 0 fully saturated rings. The van der Waals surface area contributed by atoms with E-state index in [1.54, 1.807) is 0 Å². The number of aryl methyl sites for hydroxylation is 2.